The Balaban J connectivity index is 1.86. The number of para-hydroxylation sites is 1. The van der Waals surface area contributed by atoms with Crippen molar-refractivity contribution in [3.8, 4) is 0 Å². The minimum absolute atomic E-state index is 0.0789. The van der Waals surface area contributed by atoms with Crippen LogP contribution in [0.25, 0.3) is 17.0 Å². The van der Waals surface area contributed by atoms with Crippen LogP contribution in [0, 0.1) is 5.41 Å². The zero-order valence-corrected chi connectivity index (χ0v) is 12.2. The number of carbonyl (C=O) groups excluding carboxylic acids is 1. The number of hydrogen-bond donors (Lipinski definition) is 1. The number of aromatic nitrogens is 1. The summed E-state index contributed by atoms with van der Waals surface area (Å²) in [6.07, 6.45) is 6.25. The average Bonchev–Trinajstić information content (AvgIpc) is 3.00. The van der Waals surface area contributed by atoms with Crippen LogP contribution in [0.3, 0.4) is 0 Å². The second-order valence-electron chi connectivity index (χ2n) is 6.23. The first-order valence-corrected chi connectivity index (χ1v) is 7.23. The van der Waals surface area contributed by atoms with E-state index in [1.165, 1.54) is 5.52 Å². The molecular weight excluding hydrogens is 262 g/mol. The van der Waals surface area contributed by atoms with Crippen LogP contribution < -0.4 is 5.43 Å². The van der Waals surface area contributed by atoms with Crippen molar-refractivity contribution in [2.45, 2.75) is 19.8 Å². The van der Waals surface area contributed by atoms with Crippen molar-refractivity contribution in [3.63, 3.8) is 0 Å². The first kappa shape index (κ1) is 12.4. The number of rotatable bonds is 2. The van der Waals surface area contributed by atoms with Gasteiger partial charge in [-0.25, -0.2) is 5.43 Å². The van der Waals surface area contributed by atoms with Gasteiger partial charge in [0.1, 0.15) is 0 Å². The SMILES string of the molecule is Cn1cc(C=C2C(=O)NN=C2C2(C)CC2)c2ccccc21. The van der Waals surface area contributed by atoms with E-state index in [9.17, 15) is 4.79 Å². The van der Waals surface area contributed by atoms with Crippen molar-refractivity contribution in [3.05, 3.63) is 41.6 Å². The monoisotopic (exact) mass is 279 g/mol. The Hall–Kier alpha value is -2.36. The van der Waals surface area contributed by atoms with Gasteiger partial charge in [-0.1, -0.05) is 25.1 Å². The van der Waals surface area contributed by atoms with Gasteiger partial charge in [-0.05, 0) is 25.0 Å². The normalized spacial score (nSPS) is 21.7. The van der Waals surface area contributed by atoms with Gasteiger partial charge in [0.05, 0.1) is 11.3 Å². The molecule has 21 heavy (non-hydrogen) atoms. The molecule has 2 aliphatic rings. The van der Waals surface area contributed by atoms with Crippen LogP contribution in [0.15, 0.2) is 41.1 Å². The standard InChI is InChI=1S/C17H17N3O/c1-17(7-8-17)15-13(16(21)19-18-15)9-11-10-20(2)14-6-4-3-5-12(11)14/h3-6,9-10H,7-8H2,1-2H3,(H,19,21). The zero-order chi connectivity index (χ0) is 14.6. The number of hydrazone groups is 1. The molecule has 0 saturated heterocycles. The molecule has 1 aliphatic carbocycles. The number of fused-ring (bicyclic) bond motifs is 1. The Morgan fingerprint density at radius 3 is 2.86 bits per heavy atom. The minimum atomic E-state index is -0.0916. The lowest BCUT2D eigenvalue weighted by Gasteiger charge is -2.07. The summed E-state index contributed by atoms with van der Waals surface area (Å²) in [5.41, 5.74) is 6.56. The lowest BCUT2D eigenvalue weighted by molar-refractivity contribution is -0.116. The fourth-order valence-electron chi connectivity index (χ4n) is 3.00. The number of nitrogens with zero attached hydrogens (tertiary/aromatic N) is 2. The number of benzene rings is 1. The second-order valence-corrected chi connectivity index (χ2v) is 6.23. The van der Waals surface area contributed by atoms with Gasteiger partial charge < -0.3 is 4.57 Å². The molecule has 1 saturated carbocycles. The zero-order valence-electron chi connectivity index (χ0n) is 12.2. The Kier molecular flexibility index (Phi) is 2.40. The van der Waals surface area contributed by atoms with E-state index in [4.69, 9.17) is 0 Å². The van der Waals surface area contributed by atoms with Crippen LogP contribution in [0.2, 0.25) is 0 Å². The molecule has 1 aromatic heterocycles. The maximum Gasteiger partial charge on any atom is 0.273 e. The van der Waals surface area contributed by atoms with Crippen LogP contribution in [0.4, 0.5) is 0 Å². The molecule has 1 amide bonds. The van der Waals surface area contributed by atoms with Crippen LogP contribution in [0.5, 0.6) is 0 Å². The largest absolute Gasteiger partial charge is 0.350 e. The number of hydrogen-bond acceptors (Lipinski definition) is 2. The second kappa shape index (κ2) is 4.07. The van der Waals surface area contributed by atoms with Crippen molar-refractivity contribution < 1.29 is 4.79 Å². The molecule has 2 aromatic rings. The Bertz CT molecular complexity index is 822. The molecule has 0 spiro atoms. The summed E-state index contributed by atoms with van der Waals surface area (Å²) in [6, 6.07) is 8.23. The minimum Gasteiger partial charge on any atom is -0.350 e. The lowest BCUT2D eigenvalue weighted by atomic mass is 9.94. The van der Waals surface area contributed by atoms with Gasteiger partial charge in [0.15, 0.2) is 0 Å². The predicted octanol–water partition coefficient (Wildman–Crippen LogP) is 2.85. The molecule has 106 valence electrons. The van der Waals surface area contributed by atoms with E-state index in [0.29, 0.717) is 5.57 Å². The molecule has 0 radical (unpaired) electrons. The van der Waals surface area contributed by atoms with Gasteiger partial charge >= 0.3 is 0 Å². The summed E-state index contributed by atoms with van der Waals surface area (Å²) in [4.78, 5) is 12.1. The summed E-state index contributed by atoms with van der Waals surface area (Å²) >= 11 is 0. The molecule has 1 aliphatic heterocycles. The van der Waals surface area contributed by atoms with Crippen molar-refractivity contribution in [1.29, 1.82) is 0 Å². The van der Waals surface area contributed by atoms with Gasteiger partial charge in [-0.3, -0.25) is 4.79 Å². The van der Waals surface area contributed by atoms with Crippen molar-refractivity contribution >= 4 is 28.6 Å². The molecule has 4 heteroatoms. The quantitative estimate of drug-likeness (QED) is 0.844. The third-order valence-electron chi connectivity index (χ3n) is 4.57. The smallest absolute Gasteiger partial charge is 0.273 e. The van der Waals surface area contributed by atoms with E-state index in [1.54, 1.807) is 0 Å². The number of aryl methyl sites for hydroxylation is 1. The Labute approximate surface area is 123 Å². The molecule has 1 N–H and O–H groups in total. The summed E-state index contributed by atoms with van der Waals surface area (Å²) in [5, 5.41) is 5.42. The topological polar surface area (TPSA) is 46.4 Å². The summed E-state index contributed by atoms with van der Waals surface area (Å²) in [6.45, 7) is 2.17. The van der Waals surface area contributed by atoms with Crippen LogP contribution in [0.1, 0.15) is 25.3 Å². The summed E-state index contributed by atoms with van der Waals surface area (Å²) in [5.74, 6) is -0.0916. The highest BCUT2D eigenvalue weighted by atomic mass is 16.2. The highest BCUT2D eigenvalue weighted by Gasteiger charge is 2.47. The van der Waals surface area contributed by atoms with Crippen molar-refractivity contribution in [2.75, 3.05) is 0 Å². The summed E-state index contributed by atoms with van der Waals surface area (Å²) in [7, 11) is 2.02. The Morgan fingerprint density at radius 2 is 2.10 bits per heavy atom. The van der Waals surface area contributed by atoms with Crippen molar-refractivity contribution in [1.82, 2.24) is 9.99 Å². The fourth-order valence-corrected chi connectivity index (χ4v) is 3.00. The van der Waals surface area contributed by atoms with E-state index in [-0.39, 0.29) is 11.3 Å². The number of amides is 1. The van der Waals surface area contributed by atoms with Gasteiger partial charge in [0, 0.05) is 35.1 Å². The highest BCUT2D eigenvalue weighted by molar-refractivity contribution is 6.30. The molecule has 1 fully saturated rings. The third-order valence-corrected chi connectivity index (χ3v) is 4.57. The average molecular weight is 279 g/mol. The maximum absolute atomic E-state index is 12.1. The van der Waals surface area contributed by atoms with E-state index in [0.717, 1.165) is 29.5 Å². The summed E-state index contributed by atoms with van der Waals surface area (Å²) < 4.78 is 2.09. The molecule has 4 rings (SSSR count). The lowest BCUT2D eigenvalue weighted by Crippen LogP contribution is -2.17. The fraction of sp³-hybridized carbons (Fsp3) is 0.294. The molecule has 0 bridgehead atoms. The van der Waals surface area contributed by atoms with E-state index >= 15 is 0 Å². The van der Waals surface area contributed by atoms with E-state index < -0.39 is 0 Å². The molecule has 1 aromatic carbocycles. The van der Waals surface area contributed by atoms with Gasteiger partial charge in [-0.15, -0.1) is 0 Å². The highest BCUT2D eigenvalue weighted by Crippen LogP contribution is 2.49. The molecule has 2 heterocycles. The van der Waals surface area contributed by atoms with Gasteiger partial charge in [-0.2, -0.15) is 5.10 Å². The van der Waals surface area contributed by atoms with Crippen LogP contribution in [-0.2, 0) is 11.8 Å². The number of nitrogens with one attached hydrogen (secondary N) is 1. The van der Waals surface area contributed by atoms with Gasteiger partial charge in [0.25, 0.3) is 5.91 Å². The van der Waals surface area contributed by atoms with Gasteiger partial charge in [0.2, 0.25) is 0 Å². The van der Waals surface area contributed by atoms with E-state index in [2.05, 4.69) is 40.3 Å². The molecule has 0 atom stereocenters. The van der Waals surface area contributed by atoms with Crippen LogP contribution >= 0.6 is 0 Å². The molecular formula is C17H17N3O. The number of carbonyl (C=O) groups is 1. The third kappa shape index (κ3) is 1.82. The van der Waals surface area contributed by atoms with E-state index in [1.807, 2.05) is 25.3 Å². The van der Waals surface area contributed by atoms with Crippen LogP contribution in [-0.4, -0.2) is 16.2 Å². The molecule has 4 nitrogen and oxygen atoms in total. The first-order valence-electron chi connectivity index (χ1n) is 7.23. The maximum atomic E-state index is 12.1. The molecule has 0 unspecified atom stereocenters. The first-order chi connectivity index (χ1) is 10.1. The Morgan fingerprint density at radius 1 is 1.33 bits per heavy atom. The predicted molar refractivity (Wildman–Crippen MR) is 83.8 cm³/mol. The van der Waals surface area contributed by atoms with Crippen molar-refractivity contribution in [2.24, 2.45) is 17.6 Å².